The van der Waals surface area contributed by atoms with Crippen LogP contribution in [0.5, 0.6) is 0 Å². The van der Waals surface area contributed by atoms with Crippen molar-refractivity contribution in [2.45, 2.75) is 16.5 Å². The summed E-state index contributed by atoms with van der Waals surface area (Å²) < 4.78 is 5.09. The number of halogens is 4. The molecule has 4 rings (SSSR count). The van der Waals surface area contributed by atoms with Crippen LogP contribution in [0, 0.1) is 0 Å². The Labute approximate surface area is 253 Å². The first-order chi connectivity index (χ1) is 14.3. The molecule has 0 nitrogen and oxygen atoms in total. The normalized spacial score (nSPS) is 9.65. The van der Waals surface area contributed by atoms with Crippen molar-refractivity contribution in [3.05, 3.63) is 144 Å². The Hall–Kier alpha value is -0.194. The van der Waals surface area contributed by atoms with Crippen molar-refractivity contribution < 1.29 is 96.1 Å². The van der Waals surface area contributed by atoms with E-state index in [-0.39, 0.29) is 75.8 Å². The third-order valence-corrected chi connectivity index (χ3v) is 17.1. The second-order valence-electron chi connectivity index (χ2n) is 8.15. The van der Waals surface area contributed by atoms with Crippen LogP contribution < -0.4 is 49.6 Å². The van der Waals surface area contributed by atoms with E-state index >= 15 is 0 Å². The van der Waals surface area contributed by atoms with Crippen LogP contribution in [0.25, 0.3) is 0 Å². The van der Waals surface area contributed by atoms with E-state index in [0.29, 0.717) is 0 Å². The Morgan fingerprint density at radius 1 is 0.324 bits per heavy atom. The zero-order valence-electron chi connectivity index (χ0n) is 18.9. The molecule has 0 saturated heterocycles. The molecule has 176 valence electrons. The van der Waals surface area contributed by atoms with Gasteiger partial charge >= 0.3 is 207 Å². The van der Waals surface area contributed by atoms with Gasteiger partial charge in [-0.15, -0.1) is 0 Å². The first-order valence-corrected chi connectivity index (χ1v) is 17.4. The third kappa shape index (κ3) is 11.2. The summed E-state index contributed by atoms with van der Waals surface area (Å²) in [5.41, 5.74) is 6.02. The zero-order chi connectivity index (χ0) is 19.8. The number of benzene rings is 4. The number of hydrogen-bond acceptors (Lipinski definition) is 0. The van der Waals surface area contributed by atoms with Gasteiger partial charge in [-0.05, 0) is 0 Å². The van der Waals surface area contributed by atoms with Crippen molar-refractivity contribution in [2.24, 2.45) is 0 Å². The van der Waals surface area contributed by atoms with Crippen molar-refractivity contribution in [2.75, 3.05) is 0 Å². The summed E-state index contributed by atoms with van der Waals surface area (Å²) >= 11 is -2.72. The fourth-order valence-corrected chi connectivity index (χ4v) is 17.2. The maximum atomic E-state index is 2.33. The molecule has 0 aliphatic heterocycles. The van der Waals surface area contributed by atoms with Crippen LogP contribution in [0.2, 0.25) is 0 Å². The average Bonchev–Trinajstić information content (AvgIpc) is 2.76. The van der Waals surface area contributed by atoms with E-state index in [9.17, 15) is 0 Å². The molecule has 0 fully saturated rings. The summed E-state index contributed by atoms with van der Waals surface area (Å²) in [7, 11) is 0. The molecule has 0 amide bonds. The Kier molecular flexibility index (Phi) is 20.1. The van der Waals surface area contributed by atoms with Gasteiger partial charge in [-0.25, -0.2) is 0 Å². The van der Waals surface area contributed by atoms with Gasteiger partial charge in [-0.2, -0.15) is 0 Å². The molecule has 0 aliphatic rings. The standard InChI is InChI=1S/4C7H7.4ClH.2Zr/c4*1-7-5-3-2-4-6-7;;;;;;/h4*2-6H,1H2;4*1H;;/q;;;;;;;;;+4/p-4. The molecular weight excluding hydrogens is 661 g/mol. The van der Waals surface area contributed by atoms with Crippen LogP contribution in [-0.4, -0.2) is 0 Å². The Morgan fingerprint density at radius 3 is 0.676 bits per heavy atom. The second kappa shape index (κ2) is 19.0. The van der Waals surface area contributed by atoms with Crippen LogP contribution in [0.15, 0.2) is 121 Å². The molecule has 0 atom stereocenters. The van der Waals surface area contributed by atoms with Crippen molar-refractivity contribution in [3.8, 4) is 0 Å². The maximum absolute atomic E-state index is 2.72. The second-order valence-corrected chi connectivity index (χ2v) is 19.0. The summed E-state index contributed by atoms with van der Waals surface area (Å²) in [6.07, 6.45) is 0. The molecule has 4 aromatic rings. The molecule has 34 heavy (non-hydrogen) atoms. The van der Waals surface area contributed by atoms with Crippen LogP contribution in [0.3, 0.4) is 0 Å². The van der Waals surface area contributed by atoms with E-state index in [1.807, 2.05) is 0 Å². The van der Waals surface area contributed by atoms with Gasteiger partial charge in [0.15, 0.2) is 0 Å². The summed E-state index contributed by atoms with van der Waals surface area (Å²) in [4.78, 5) is 0. The molecule has 0 N–H and O–H groups in total. The van der Waals surface area contributed by atoms with E-state index in [1.165, 1.54) is 38.8 Å². The predicted octanol–water partition coefficient (Wildman–Crippen LogP) is -5.05. The van der Waals surface area contributed by atoms with Crippen LogP contribution in [0.4, 0.5) is 0 Å². The Bertz CT molecular complexity index is 830. The van der Waals surface area contributed by atoms with Crippen molar-refractivity contribution in [3.63, 3.8) is 0 Å². The fraction of sp³-hybridized carbons (Fsp3) is 0.143. The molecule has 0 saturated carbocycles. The van der Waals surface area contributed by atoms with Gasteiger partial charge in [0.2, 0.25) is 0 Å². The van der Waals surface area contributed by atoms with Gasteiger partial charge in [-0.1, -0.05) is 0 Å². The third-order valence-electron chi connectivity index (χ3n) is 5.69. The molecule has 6 heteroatoms. The molecule has 0 unspecified atom stereocenters. The monoisotopic (exact) mass is 684 g/mol. The van der Waals surface area contributed by atoms with Gasteiger partial charge in [0.25, 0.3) is 0 Å². The molecular formula is C28H28Cl4Zr2. The molecule has 0 heterocycles. The molecule has 0 radical (unpaired) electrons. The fourth-order valence-electron chi connectivity index (χ4n) is 4.49. The number of rotatable bonds is 8. The Balaban J connectivity index is 0. The summed E-state index contributed by atoms with van der Waals surface area (Å²) in [5, 5.41) is 0. The minimum atomic E-state index is -2.72. The molecule has 0 aromatic heterocycles. The quantitative estimate of drug-likeness (QED) is 0.174. The van der Waals surface area contributed by atoms with Crippen molar-refractivity contribution in [1.82, 2.24) is 0 Å². The summed E-state index contributed by atoms with van der Waals surface area (Å²) in [5.74, 6) is 0. The van der Waals surface area contributed by atoms with E-state index in [1.54, 1.807) is 0 Å². The first-order valence-electron chi connectivity index (χ1n) is 10.5. The predicted molar refractivity (Wildman–Crippen MR) is 121 cm³/mol. The van der Waals surface area contributed by atoms with Crippen LogP contribution in [0.1, 0.15) is 22.3 Å². The molecule has 0 spiro atoms. The topological polar surface area (TPSA) is 0 Å². The molecule has 4 aromatic carbocycles. The summed E-state index contributed by atoms with van der Waals surface area (Å²) in [6.45, 7) is 0. The minimum absolute atomic E-state index is 0. The van der Waals surface area contributed by atoms with Gasteiger partial charge in [0.1, 0.15) is 0 Å². The van der Waals surface area contributed by atoms with Gasteiger partial charge in [0, 0.05) is 0 Å². The van der Waals surface area contributed by atoms with E-state index < -0.39 is 20.3 Å². The van der Waals surface area contributed by atoms with Crippen LogP contribution >= 0.6 is 0 Å². The molecule has 0 aliphatic carbocycles. The molecule has 0 bridgehead atoms. The van der Waals surface area contributed by atoms with Crippen molar-refractivity contribution >= 4 is 0 Å². The van der Waals surface area contributed by atoms with E-state index in [2.05, 4.69) is 121 Å². The van der Waals surface area contributed by atoms with Crippen molar-refractivity contribution in [1.29, 1.82) is 0 Å². The Morgan fingerprint density at radius 2 is 0.500 bits per heavy atom. The number of hydrogen-bond donors (Lipinski definition) is 0. The van der Waals surface area contributed by atoms with E-state index in [4.69, 9.17) is 0 Å². The van der Waals surface area contributed by atoms with Crippen LogP contribution in [-0.2, 0) is 63.0 Å². The van der Waals surface area contributed by atoms with Gasteiger partial charge in [0.05, 0.1) is 0 Å². The van der Waals surface area contributed by atoms with Gasteiger partial charge in [-0.3, -0.25) is 0 Å². The van der Waals surface area contributed by atoms with Gasteiger partial charge < -0.3 is 49.6 Å². The average molecular weight is 689 g/mol. The first kappa shape index (κ1) is 36.0. The van der Waals surface area contributed by atoms with E-state index in [0.717, 1.165) is 0 Å². The summed E-state index contributed by atoms with van der Waals surface area (Å²) in [6, 6.07) is 44.7. The zero-order valence-corrected chi connectivity index (χ0v) is 26.8. The SMILES string of the molecule is [Cl-].[Cl-].[Cl-].[Cl-].[Zr+4].c1ccc([CH2][Zr]([CH2]c2ccccc2)([CH2]c2ccccc2)[CH2]c2ccccc2)cc1.